The Labute approximate surface area is 103 Å². The number of nitrogens with zero attached hydrogens (tertiary/aromatic N) is 1. The molecular formula is C13H21ClN2. The number of hydrogen-bond donors (Lipinski definition) is 1. The first kappa shape index (κ1) is 13.3. The van der Waals surface area contributed by atoms with Gasteiger partial charge in [0.25, 0.3) is 0 Å². The smallest absolute Gasteiger partial charge is 0.0638 e. The second kappa shape index (κ2) is 6.77. The van der Waals surface area contributed by atoms with Gasteiger partial charge in [-0.3, -0.25) is 4.90 Å². The Kier molecular flexibility index (Phi) is 5.64. The Balaban J connectivity index is 2.65. The van der Waals surface area contributed by atoms with Gasteiger partial charge in [-0.1, -0.05) is 31.5 Å². The first-order chi connectivity index (χ1) is 7.67. The van der Waals surface area contributed by atoms with Crippen LogP contribution in [0.25, 0.3) is 0 Å². The minimum absolute atomic E-state index is 0.656. The molecule has 1 aromatic carbocycles. The van der Waals surface area contributed by atoms with E-state index < -0.39 is 0 Å². The van der Waals surface area contributed by atoms with E-state index in [1.54, 1.807) is 0 Å². The number of benzene rings is 1. The summed E-state index contributed by atoms with van der Waals surface area (Å²) in [6, 6.07) is 5.91. The SMILES string of the molecule is CCCN(CCC)Cc1ccc(N)c(Cl)c1. The lowest BCUT2D eigenvalue weighted by Crippen LogP contribution is -2.24. The van der Waals surface area contributed by atoms with Crippen molar-refractivity contribution in [2.75, 3.05) is 18.8 Å². The van der Waals surface area contributed by atoms with Crippen molar-refractivity contribution in [3.8, 4) is 0 Å². The van der Waals surface area contributed by atoms with Gasteiger partial charge in [0.2, 0.25) is 0 Å². The highest BCUT2D eigenvalue weighted by Gasteiger charge is 2.05. The van der Waals surface area contributed by atoms with Crippen LogP contribution < -0.4 is 5.73 Å². The molecule has 0 aliphatic rings. The molecule has 1 aromatic rings. The number of nitrogens with two attached hydrogens (primary N) is 1. The van der Waals surface area contributed by atoms with E-state index in [1.807, 2.05) is 12.1 Å². The molecule has 2 nitrogen and oxygen atoms in total. The Morgan fingerprint density at radius 3 is 2.31 bits per heavy atom. The third-order valence-electron chi connectivity index (χ3n) is 2.55. The van der Waals surface area contributed by atoms with Crippen LogP contribution in [0.5, 0.6) is 0 Å². The summed E-state index contributed by atoms with van der Waals surface area (Å²) in [5.74, 6) is 0. The molecule has 0 heterocycles. The fourth-order valence-corrected chi connectivity index (χ4v) is 2.03. The van der Waals surface area contributed by atoms with Gasteiger partial charge in [-0.15, -0.1) is 0 Å². The van der Waals surface area contributed by atoms with E-state index in [0.717, 1.165) is 19.6 Å². The highest BCUT2D eigenvalue weighted by atomic mass is 35.5. The maximum Gasteiger partial charge on any atom is 0.0638 e. The predicted octanol–water partition coefficient (Wildman–Crippen LogP) is 3.54. The van der Waals surface area contributed by atoms with Crippen LogP contribution in [0.2, 0.25) is 5.02 Å². The summed E-state index contributed by atoms with van der Waals surface area (Å²) in [7, 11) is 0. The van der Waals surface area contributed by atoms with Gasteiger partial charge in [0.15, 0.2) is 0 Å². The van der Waals surface area contributed by atoms with Crippen molar-refractivity contribution in [3.63, 3.8) is 0 Å². The van der Waals surface area contributed by atoms with Gasteiger partial charge in [-0.05, 0) is 43.6 Å². The average molecular weight is 241 g/mol. The lowest BCUT2D eigenvalue weighted by atomic mass is 10.2. The molecule has 0 aliphatic carbocycles. The molecule has 0 unspecified atom stereocenters. The van der Waals surface area contributed by atoms with E-state index in [4.69, 9.17) is 17.3 Å². The molecule has 0 spiro atoms. The zero-order chi connectivity index (χ0) is 12.0. The second-order valence-corrected chi connectivity index (χ2v) is 4.54. The van der Waals surface area contributed by atoms with E-state index in [0.29, 0.717) is 10.7 Å². The highest BCUT2D eigenvalue weighted by molar-refractivity contribution is 6.33. The van der Waals surface area contributed by atoms with Crippen molar-refractivity contribution in [2.45, 2.75) is 33.2 Å². The molecule has 0 radical (unpaired) electrons. The summed E-state index contributed by atoms with van der Waals surface area (Å²) in [6.45, 7) is 7.64. The van der Waals surface area contributed by atoms with Crippen LogP contribution in [0.3, 0.4) is 0 Å². The van der Waals surface area contributed by atoms with Crippen LogP contribution in [0.4, 0.5) is 5.69 Å². The van der Waals surface area contributed by atoms with Crippen molar-refractivity contribution in [2.24, 2.45) is 0 Å². The molecule has 0 saturated carbocycles. The van der Waals surface area contributed by atoms with Gasteiger partial charge < -0.3 is 5.73 Å². The largest absolute Gasteiger partial charge is 0.398 e. The molecule has 3 heteroatoms. The molecule has 0 bridgehead atoms. The van der Waals surface area contributed by atoms with Crippen LogP contribution in [0.1, 0.15) is 32.3 Å². The van der Waals surface area contributed by atoms with Crippen LogP contribution in [-0.4, -0.2) is 18.0 Å². The Morgan fingerprint density at radius 2 is 1.81 bits per heavy atom. The van der Waals surface area contributed by atoms with Crippen molar-refractivity contribution in [1.82, 2.24) is 4.90 Å². The van der Waals surface area contributed by atoms with Crippen LogP contribution in [-0.2, 0) is 6.54 Å². The molecule has 0 atom stereocenters. The first-order valence-electron chi connectivity index (χ1n) is 5.93. The third-order valence-corrected chi connectivity index (χ3v) is 2.88. The van der Waals surface area contributed by atoms with E-state index in [2.05, 4.69) is 24.8 Å². The zero-order valence-corrected chi connectivity index (χ0v) is 10.9. The van der Waals surface area contributed by atoms with Gasteiger partial charge in [-0.25, -0.2) is 0 Å². The lowest BCUT2D eigenvalue weighted by molar-refractivity contribution is 0.266. The van der Waals surface area contributed by atoms with Gasteiger partial charge in [0.05, 0.1) is 10.7 Å². The summed E-state index contributed by atoms with van der Waals surface area (Å²) in [5.41, 5.74) is 7.58. The Morgan fingerprint density at radius 1 is 1.19 bits per heavy atom. The molecule has 2 N–H and O–H groups in total. The number of hydrogen-bond acceptors (Lipinski definition) is 2. The minimum Gasteiger partial charge on any atom is -0.398 e. The van der Waals surface area contributed by atoms with Crippen molar-refractivity contribution < 1.29 is 0 Å². The van der Waals surface area contributed by atoms with E-state index >= 15 is 0 Å². The highest BCUT2D eigenvalue weighted by Crippen LogP contribution is 2.20. The molecule has 1 rings (SSSR count). The fraction of sp³-hybridized carbons (Fsp3) is 0.538. The molecule has 0 aromatic heterocycles. The molecular weight excluding hydrogens is 220 g/mol. The Bertz CT molecular complexity index is 320. The maximum absolute atomic E-state index is 6.01. The minimum atomic E-state index is 0.656. The van der Waals surface area contributed by atoms with Crippen LogP contribution in [0, 0.1) is 0 Å². The summed E-state index contributed by atoms with van der Waals surface area (Å²) in [5, 5.41) is 0.658. The second-order valence-electron chi connectivity index (χ2n) is 4.13. The van der Waals surface area contributed by atoms with Gasteiger partial charge in [0.1, 0.15) is 0 Å². The molecule has 0 amide bonds. The zero-order valence-electron chi connectivity index (χ0n) is 10.2. The molecule has 0 fully saturated rings. The lowest BCUT2D eigenvalue weighted by Gasteiger charge is -2.21. The molecule has 0 aliphatic heterocycles. The van der Waals surface area contributed by atoms with Crippen LogP contribution in [0.15, 0.2) is 18.2 Å². The van der Waals surface area contributed by atoms with E-state index in [1.165, 1.54) is 18.4 Å². The number of rotatable bonds is 6. The first-order valence-corrected chi connectivity index (χ1v) is 6.31. The summed E-state index contributed by atoms with van der Waals surface area (Å²) < 4.78 is 0. The fourth-order valence-electron chi connectivity index (χ4n) is 1.83. The molecule has 16 heavy (non-hydrogen) atoms. The number of anilines is 1. The quantitative estimate of drug-likeness (QED) is 0.771. The van der Waals surface area contributed by atoms with Crippen LogP contribution >= 0.6 is 11.6 Å². The number of nitrogen functional groups attached to an aromatic ring is 1. The van der Waals surface area contributed by atoms with Crippen molar-refractivity contribution in [3.05, 3.63) is 28.8 Å². The normalized spacial score (nSPS) is 11.0. The van der Waals surface area contributed by atoms with Gasteiger partial charge in [0, 0.05) is 6.54 Å². The van der Waals surface area contributed by atoms with Gasteiger partial charge in [-0.2, -0.15) is 0 Å². The Hall–Kier alpha value is -0.730. The van der Waals surface area contributed by atoms with E-state index in [-0.39, 0.29) is 0 Å². The standard InChI is InChI=1S/C13H21ClN2/c1-3-7-16(8-4-2)10-11-5-6-13(15)12(14)9-11/h5-6,9H,3-4,7-8,10,15H2,1-2H3. The van der Waals surface area contributed by atoms with E-state index in [9.17, 15) is 0 Å². The topological polar surface area (TPSA) is 29.3 Å². The van der Waals surface area contributed by atoms with Crippen molar-refractivity contribution >= 4 is 17.3 Å². The third kappa shape index (κ3) is 4.03. The summed E-state index contributed by atoms with van der Waals surface area (Å²) in [6.07, 6.45) is 2.37. The number of halogens is 1. The summed E-state index contributed by atoms with van der Waals surface area (Å²) >= 11 is 6.01. The predicted molar refractivity (Wildman–Crippen MR) is 71.7 cm³/mol. The monoisotopic (exact) mass is 240 g/mol. The molecule has 90 valence electrons. The maximum atomic E-state index is 6.01. The van der Waals surface area contributed by atoms with Crippen molar-refractivity contribution in [1.29, 1.82) is 0 Å². The summed E-state index contributed by atoms with van der Waals surface area (Å²) in [4.78, 5) is 2.45. The molecule has 0 saturated heterocycles. The van der Waals surface area contributed by atoms with Gasteiger partial charge >= 0.3 is 0 Å². The average Bonchev–Trinajstić information content (AvgIpc) is 2.24.